The first-order chi connectivity index (χ1) is 9.58. The number of hydrogen-bond donors (Lipinski definition) is 2. The summed E-state index contributed by atoms with van der Waals surface area (Å²) in [5.41, 5.74) is 0.772. The van der Waals surface area contributed by atoms with Gasteiger partial charge in [-0.15, -0.1) is 0 Å². The lowest BCUT2D eigenvalue weighted by molar-refractivity contribution is 0.182. The summed E-state index contributed by atoms with van der Waals surface area (Å²) in [6, 6.07) is 4.31. The molecule has 20 heavy (non-hydrogen) atoms. The van der Waals surface area contributed by atoms with Crippen LogP contribution < -0.4 is 5.32 Å². The van der Waals surface area contributed by atoms with Crippen LogP contribution in [0.5, 0.6) is 5.75 Å². The summed E-state index contributed by atoms with van der Waals surface area (Å²) >= 11 is 0. The number of piperazine rings is 1. The third-order valence-corrected chi connectivity index (χ3v) is 4.08. The molecule has 1 aliphatic rings. The average Bonchev–Trinajstić information content (AvgIpc) is 2.45. The van der Waals surface area contributed by atoms with Gasteiger partial charge in [0, 0.05) is 56.9 Å². The molecule has 0 saturated carbocycles. The van der Waals surface area contributed by atoms with Gasteiger partial charge >= 0.3 is 0 Å². The van der Waals surface area contributed by atoms with Crippen molar-refractivity contribution in [1.82, 2.24) is 15.1 Å². The lowest BCUT2D eigenvalue weighted by Gasteiger charge is -2.31. The van der Waals surface area contributed by atoms with Gasteiger partial charge < -0.3 is 10.4 Å². The number of nitrogens with zero attached hydrogens (tertiary/aromatic N) is 2. The van der Waals surface area contributed by atoms with Gasteiger partial charge in [0.05, 0.1) is 0 Å². The highest BCUT2D eigenvalue weighted by Gasteiger charge is 2.17. The molecule has 1 saturated heterocycles. The normalized spacial score (nSPS) is 18.4. The molecule has 0 bridgehead atoms. The van der Waals surface area contributed by atoms with Gasteiger partial charge in [-0.25, -0.2) is 4.39 Å². The maximum absolute atomic E-state index is 13.0. The molecule has 0 amide bonds. The molecule has 1 unspecified atom stereocenters. The van der Waals surface area contributed by atoms with E-state index in [1.165, 1.54) is 12.1 Å². The molecule has 5 heteroatoms. The Bertz CT molecular complexity index is 435. The second-order valence-electron chi connectivity index (χ2n) is 5.45. The Morgan fingerprint density at radius 1 is 1.40 bits per heavy atom. The first-order valence-electron chi connectivity index (χ1n) is 7.19. The predicted octanol–water partition coefficient (Wildman–Crippen LogP) is 1.43. The molecule has 1 fully saturated rings. The number of benzene rings is 1. The SMILES string of the molecule is CC(c1ccc(F)cc1O)N(C)CCN1CCNCC1. The van der Waals surface area contributed by atoms with Gasteiger partial charge in [0.25, 0.3) is 0 Å². The molecule has 0 radical (unpaired) electrons. The van der Waals surface area contributed by atoms with Crippen molar-refractivity contribution < 1.29 is 9.50 Å². The van der Waals surface area contributed by atoms with E-state index >= 15 is 0 Å². The van der Waals surface area contributed by atoms with Crippen molar-refractivity contribution >= 4 is 0 Å². The highest BCUT2D eigenvalue weighted by atomic mass is 19.1. The Balaban J connectivity index is 1.89. The lowest BCUT2D eigenvalue weighted by atomic mass is 10.1. The standard InChI is InChI=1S/C15H24FN3O/c1-12(14-4-3-13(16)11-15(14)20)18(2)9-10-19-7-5-17-6-8-19/h3-4,11-12,17,20H,5-10H2,1-2H3. The molecular formula is C15H24FN3O. The van der Waals surface area contributed by atoms with Crippen molar-refractivity contribution in [2.45, 2.75) is 13.0 Å². The molecule has 1 heterocycles. The van der Waals surface area contributed by atoms with Crippen LogP contribution >= 0.6 is 0 Å². The second-order valence-corrected chi connectivity index (χ2v) is 5.45. The molecule has 2 rings (SSSR count). The van der Waals surface area contributed by atoms with Crippen LogP contribution in [-0.4, -0.2) is 61.2 Å². The lowest BCUT2D eigenvalue weighted by Crippen LogP contribution is -2.46. The smallest absolute Gasteiger partial charge is 0.126 e. The fraction of sp³-hybridized carbons (Fsp3) is 0.600. The summed E-state index contributed by atoms with van der Waals surface area (Å²) in [6.45, 7) is 8.26. The summed E-state index contributed by atoms with van der Waals surface area (Å²) in [4.78, 5) is 4.62. The molecule has 1 atom stereocenters. The maximum atomic E-state index is 13.0. The zero-order chi connectivity index (χ0) is 14.5. The van der Waals surface area contributed by atoms with Crippen LogP contribution in [0.1, 0.15) is 18.5 Å². The van der Waals surface area contributed by atoms with Crippen LogP contribution in [0, 0.1) is 5.82 Å². The van der Waals surface area contributed by atoms with Gasteiger partial charge in [0.2, 0.25) is 0 Å². The molecule has 0 aromatic heterocycles. The first-order valence-corrected chi connectivity index (χ1v) is 7.19. The minimum atomic E-state index is -0.401. The molecule has 1 aromatic rings. The van der Waals surface area contributed by atoms with Crippen molar-refractivity contribution in [3.05, 3.63) is 29.6 Å². The summed E-state index contributed by atoms with van der Waals surface area (Å²) in [6.07, 6.45) is 0. The van der Waals surface area contributed by atoms with Crippen LogP contribution in [0.4, 0.5) is 4.39 Å². The zero-order valence-corrected chi connectivity index (χ0v) is 12.3. The van der Waals surface area contributed by atoms with Crippen LogP contribution in [0.2, 0.25) is 0 Å². The molecule has 4 nitrogen and oxygen atoms in total. The Morgan fingerprint density at radius 3 is 2.75 bits per heavy atom. The summed E-state index contributed by atoms with van der Waals surface area (Å²) in [5, 5.41) is 13.2. The largest absolute Gasteiger partial charge is 0.508 e. The molecule has 2 N–H and O–H groups in total. The average molecular weight is 281 g/mol. The first kappa shape index (κ1) is 15.2. The molecule has 1 aliphatic heterocycles. The van der Waals surface area contributed by atoms with E-state index in [0.29, 0.717) is 0 Å². The minimum absolute atomic E-state index is 0.0338. The number of phenolic OH excluding ortho intramolecular Hbond substituents is 1. The van der Waals surface area contributed by atoms with E-state index < -0.39 is 5.82 Å². The Hall–Kier alpha value is -1.17. The number of aromatic hydroxyl groups is 1. The Labute approximate surface area is 120 Å². The number of rotatable bonds is 5. The quantitative estimate of drug-likeness (QED) is 0.856. The van der Waals surface area contributed by atoms with Gasteiger partial charge in [0.1, 0.15) is 11.6 Å². The second kappa shape index (κ2) is 7.02. The van der Waals surface area contributed by atoms with Crippen molar-refractivity contribution in [1.29, 1.82) is 0 Å². The van der Waals surface area contributed by atoms with Crippen molar-refractivity contribution in [3.63, 3.8) is 0 Å². The highest BCUT2D eigenvalue weighted by molar-refractivity contribution is 5.34. The van der Waals surface area contributed by atoms with Gasteiger partial charge in [-0.05, 0) is 20.0 Å². The Kier molecular flexibility index (Phi) is 5.34. The zero-order valence-electron chi connectivity index (χ0n) is 12.3. The van der Waals surface area contributed by atoms with Gasteiger partial charge in [-0.1, -0.05) is 6.07 Å². The van der Waals surface area contributed by atoms with Gasteiger partial charge in [-0.2, -0.15) is 0 Å². The molecule has 1 aromatic carbocycles. The summed E-state index contributed by atoms with van der Waals surface area (Å²) in [5.74, 6) is -0.367. The van der Waals surface area contributed by atoms with Gasteiger partial charge in [-0.3, -0.25) is 9.80 Å². The highest BCUT2D eigenvalue weighted by Crippen LogP contribution is 2.27. The molecule has 112 valence electrons. The number of halogens is 1. The number of phenols is 1. The topological polar surface area (TPSA) is 38.7 Å². The van der Waals surface area contributed by atoms with E-state index in [1.54, 1.807) is 6.07 Å². The third-order valence-electron chi connectivity index (χ3n) is 4.08. The van der Waals surface area contributed by atoms with Gasteiger partial charge in [0.15, 0.2) is 0 Å². The van der Waals surface area contributed by atoms with Crippen LogP contribution in [0.3, 0.4) is 0 Å². The van der Waals surface area contributed by atoms with E-state index in [0.717, 1.165) is 44.8 Å². The van der Waals surface area contributed by atoms with E-state index in [9.17, 15) is 9.50 Å². The van der Waals surface area contributed by atoms with Crippen molar-refractivity contribution in [2.75, 3.05) is 46.3 Å². The maximum Gasteiger partial charge on any atom is 0.126 e. The number of hydrogen-bond acceptors (Lipinski definition) is 4. The molecule has 0 aliphatic carbocycles. The van der Waals surface area contributed by atoms with Crippen LogP contribution in [0.15, 0.2) is 18.2 Å². The van der Waals surface area contributed by atoms with Crippen molar-refractivity contribution in [3.8, 4) is 5.75 Å². The fourth-order valence-electron chi connectivity index (χ4n) is 2.54. The van der Waals surface area contributed by atoms with E-state index in [4.69, 9.17) is 0 Å². The monoisotopic (exact) mass is 281 g/mol. The number of nitrogens with one attached hydrogen (secondary N) is 1. The van der Waals surface area contributed by atoms with Crippen LogP contribution in [-0.2, 0) is 0 Å². The Morgan fingerprint density at radius 2 is 2.10 bits per heavy atom. The molecular weight excluding hydrogens is 257 g/mol. The minimum Gasteiger partial charge on any atom is -0.508 e. The van der Waals surface area contributed by atoms with E-state index in [1.807, 2.05) is 14.0 Å². The van der Waals surface area contributed by atoms with Crippen LogP contribution in [0.25, 0.3) is 0 Å². The van der Waals surface area contributed by atoms with Crippen molar-refractivity contribution in [2.24, 2.45) is 0 Å². The fourth-order valence-corrected chi connectivity index (χ4v) is 2.54. The number of likely N-dealkylation sites (N-methyl/N-ethyl adjacent to an activating group) is 1. The van der Waals surface area contributed by atoms with E-state index in [-0.39, 0.29) is 11.8 Å². The van der Waals surface area contributed by atoms with E-state index in [2.05, 4.69) is 15.1 Å². The summed E-state index contributed by atoms with van der Waals surface area (Å²) in [7, 11) is 2.04. The summed E-state index contributed by atoms with van der Waals surface area (Å²) < 4.78 is 13.0. The third kappa shape index (κ3) is 3.91. The molecule has 0 spiro atoms. The predicted molar refractivity (Wildman–Crippen MR) is 78.4 cm³/mol.